The van der Waals surface area contributed by atoms with Gasteiger partial charge >= 0.3 is 11.9 Å². The summed E-state index contributed by atoms with van der Waals surface area (Å²) in [7, 11) is 2.56. The zero-order chi connectivity index (χ0) is 12.8. The number of esters is 2. The number of carbonyl (C=O) groups excluding carboxylic acids is 2. The normalized spacial score (nSPS) is 16.6. The highest BCUT2D eigenvalue weighted by atomic mass is 16.5. The van der Waals surface area contributed by atoms with Gasteiger partial charge in [-0.2, -0.15) is 10.2 Å². The van der Waals surface area contributed by atoms with Gasteiger partial charge in [0.2, 0.25) is 0 Å². The number of nitrogens with zero attached hydrogens (tertiary/aromatic N) is 2. The molecule has 2 atom stereocenters. The largest absolute Gasteiger partial charge is 0.467 e. The molecule has 0 saturated heterocycles. The molecule has 0 rings (SSSR count). The Hall–Kier alpha value is -1.46. The Morgan fingerprint density at radius 2 is 1.88 bits per heavy atom. The highest BCUT2D eigenvalue weighted by molar-refractivity contribution is 5.80. The second-order valence-corrected chi connectivity index (χ2v) is 3.53. The average Bonchev–Trinajstić information content (AvgIpc) is 2.33. The van der Waals surface area contributed by atoms with E-state index >= 15 is 0 Å². The predicted molar refractivity (Wildman–Crippen MR) is 57.0 cm³/mol. The van der Waals surface area contributed by atoms with Crippen molar-refractivity contribution < 1.29 is 19.1 Å². The van der Waals surface area contributed by atoms with Gasteiger partial charge in [-0.3, -0.25) is 0 Å². The maximum absolute atomic E-state index is 11.4. The van der Waals surface area contributed by atoms with Crippen LogP contribution in [0.4, 0.5) is 0 Å². The van der Waals surface area contributed by atoms with Crippen molar-refractivity contribution in [3.8, 4) is 0 Å². The minimum Gasteiger partial charge on any atom is -0.467 e. The van der Waals surface area contributed by atoms with Crippen LogP contribution in [0.1, 0.15) is 27.2 Å². The lowest BCUT2D eigenvalue weighted by Gasteiger charge is -2.18. The lowest BCUT2D eigenvalue weighted by Crippen LogP contribution is -2.33. The maximum atomic E-state index is 11.4. The van der Waals surface area contributed by atoms with E-state index in [-0.39, 0.29) is 0 Å². The highest BCUT2D eigenvalue weighted by Crippen LogP contribution is 2.18. The van der Waals surface area contributed by atoms with Crippen molar-refractivity contribution in [2.75, 3.05) is 14.2 Å². The van der Waals surface area contributed by atoms with E-state index in [2.05, 4.69) is 19.7 Å². The van der Waals surface area contributed by atoms with E-state index in [0.29, 0.717) is 6.42 Å². The molecule has 16 heavy (non-hydrogen) atoms. The molecule has 0 saturated carbocycles. The first-order valence-electron chi connectivity index (χ1n) is 4.99. The number of hydrogen-bond donors (Lipinski definition) is 0. The van der Waals surface area contributed by atoms with Gasteiger partial charge in [0.15, 0.2) is 11.6 Å². The average molecular weight is 230 g/mol. The fourth-order valence-electron chi connectivity index (χ4n) is 0.907. The Morgan fingerprint density at radius 3 is 2.25 bits per heavy atom. The standard InChI is InChI=1S/C10H18N2O4/c1-6-10(3,9(14)16-5)12-11-7(2)8(13)15-4/h7H,6H2,1-5H3. The van der Waals surface area contributed by atoms with Gasteiger partial charge in [0, 0.05) is 0 Å². The van der Waals surface area contributed by atoms with Crippen LogP contribution in [-0.4, -0.2) is 37.7 Å². The number of azo groups is 1. The molecule has 0 radical (unpaired) electrons. The molecule has 0 N–H and O–H groups in total. The lowest BCUT2D eigenvalue weighted by molar-refractivity contribution is -0.147. The molecule has 0 spiro atoms. The summed E-state index contributed by atoms with van der Waals surface area (Å²) in [5.41, 5.74) is -1.04. The maximum Gasteiger partial charge on any atom is 0.335 e. The van der Waals surface area contributed by atoms with Crippen LogP contribution in [0.15, 0.2) is 10.2 Å². The third kappa shape index (κ3) is 3.60. The molecule has 0 bridgehead atoms. The molecule has 92 valence electrons. The smallest absolute Gasteiger partial charge is 0.335 e. The summed E-state index contributed by atoms with van der Waals surface area (Å²) in [6.45, 7) is 4.94. The van der Waals surface area contributed by atoms with E-state index in [0.717, 1.165) is 0 Å². The molecule has 0 aliphatic rings. The van der Waals surface area contributed by atoms with Crippen LogP contribution in [0.2, 0.25) is 0 Å². The minimum atomic E-state index is -1.04. The Labute approximate surface area is 95.0 Å². The molecule has 2 unspecified atom stereocenters. The Kier molecular flexibility index (Phi) is 5.63. The highest BCUT2D eigenvalue weighted by Gasteiger charge is 2.33. The van der Waals surface area contributed by atoms with Gasteiger partial charge in [-0.15, -0.1) is 0 Å². The molecule has 0 aliphatic heterocycles. The van der Waals surface area contributed by atoms with Crippen LogP contribution < -0.4 is 0 Å². The van der Waals surface area contributed by atoms with E-state index in [1.54, 1.807) is 20.8 Å². The molecule has 0 heterocycles. The summed E-state index contributed by atoms with van der Waals surface area (Å²) in [6.07, 6.45) is 0.442. The first-order valence-corrected chi connectivity index (χ1v) is 4.99. The first kappa shape index (κ1) is 14.5. The second-order valence-electron chi connectivity index (χ2n) is 3.53. The minimum absolute atomic E-state index is 0.442. The zero-order valence-electron chi connectivity index (χ0n) is 10.3. The van der Waals surface area contributed by atoms with Crippen LogP contribution >= 0.6 is 0 Å². The molecule has 0 fully saturated rings. The number of methoxy groups -OCH3 is 2. The molecule has 0 amide bonds. The number of hydrogen-bond acceptors (Lipinski definition) is 6. The van der Waals surface area contributed by atoms with Crippen molar-refractivity contribution in [1.29, 1.82) is 0 Å². The van der Waals surface area contributed by atoms with Gasteiger partial charge in [-0.1, -0.05) is 6.92 Å². The topological polar surface area (TPSA) is 77.3 Å². The van der Waals surface area contributed by atoms with Crippen LogP contribution in [0.25, 0.3) is 0 Å². The van der Waals surface area contributed by atoms with Crippen LogP contribution in [0, 0.1) is 0 Å². The van der Waals surface area contributed by atoms with Crippen LogP contribution in [0.5, 0.6) is 0 Å². The van der Waals surface area contributed by atoms with Crippen molar-refractivity contribution in [1.82, 2.24) is 0 Å². The molecule has 0 aromatic rings. The Morgan fingerprint density at radius 1 is 1.31 bits per heavy atom. The SMILES string of the molecule is CCC(C)(N=NC(C)C(=O)OC)C(=O)OC. The van der Waals surface area contributed by atoms with Gasteiger partial charge < -0.3 is 9.47 Å². The van der Waals surface area contributed by atoms with Crippen molar-refractivity contribution in [2.24, 2.45) is 10.2 Å². The third-order valence-electron chi connectivity index (χ3n) is 2.31. The third-order valence-corrected chi connectivity index (χ3v) is 2.31. The van der Waals surface area contributed by atoms with E-state index in [1.165, 1.54) is 14.2 Å². The number of carbonyl (C=O) groups is 2. The monoisotopic (exact) mass is 230 g/mol. The van der Waals surface area contributed by atoms with Crippen molar-refractivity contribution in [2.45, 2.75) is 38.8 Å². The molecular weight excluding hydrogens is 212 g/mol. The molecular formula is C10H18N2O4. The predicted octanol–water partition coefficient (Wildman–Crippen LogP) is 1.34. The van der Waals surface area contributed by atoms with E-state index in [9.17, 15) is 9.59 Å². The molecule has 0 aliphatic carbocycles. The van der Waals surface area contributed by atoms with Crippen molar-refractivity contribution >= 4 is 11.9 Å². The molecule has 0 aromatic heterocycles. The lowest BCUT2D eigenvalue weighted by atomic mass is 10.0. The molecule has 0 aromatic carbocycles. The van der Waals surface area contributed by atoms with Gasteiger partial charge in [0.25, 0.3) is 0 Å². The van der Waals surface area contributed by atoms with Gasteiger partial charge in [-0.05, 0) is 20.3 Å². The summed E-state index contributed by atoms with van der Waals surface area (Å²) in [4.78, 5) is 22.5. The number of ether oxygens (including phenoxy) is 2. The van der Waals surface area contributed by atoms with E-state index in [4.69, 9.17) is 0 Å². The summed E-state index contributed by atoms with van der Waals surface area (Å²) in [5.74, 6) is -0.970. The quantitative estimate of drug-likeness (QED) is 0.527. The van der Waals surface area contributed by atoms with Crippen molar-refractivity contribution in [3.05, 3.63) is 0 Å². The summed E-state index contributed by atoms with van der Waals surface area (Å²) in [6, 6.07) is -0.722. The van der Waals surface area contributed by atoms with E-state index in [1.807, 2.05) is 0 Å². The van der Waals surface area contributed by atoms with Gasteiger partial charge in [-0.25, -0.2) is 9.59 Å². The van der Waals surface area contributed by atoms with Gasteiger partial charge in [0.1, 0.15) is 0 Å². The Bertz CT molecular complexity index is 291. The Balaban J connectivity index is 4.71. The van der Waals surface area contributed by atoms with Crippen LogP contribution in [0.3, 0.4) is 0 Å². The van der Waals surface area contributed by atoms with Crippen molar-refractivity contribution in [3.63, 3.8) is 0 Å². The number of rotatable bonds is 5. The molecule has 6 heteroatoms. The summed E-state index contributed by atoms with van der Waals surface area (Å²) < 4.78 is 9.11. The van der Waals surface area contributed by atoms with Gasteiger partial charge in [0.05, 0.1) is 14.2 Å². The summed E-state index contributed by atoms with van der Waals surface area (Å²) >= 11 is 0. The first-order chi connectivity index (χ1) is 7.41. The fraction of sp³-hybridized carbons (Fsp3) is 0.800. The fourth-order valence-corrected chi connectivity index (χ4v) is 0.907. The second kappa shape index (κ2) is 6.19. The molecule has 6 nitrogen and oxygen atoms in total. The van der Waals surface area contributed by atoms with E-state index < -0.39 is 23.5 Å². The summed E-state index contributed by atoms with van der Waals surface area (Å²) in [5, 5.41) is 7.62. The zero-order valence-corrected chi connectivity index (χ0v) is 10.3. The van der Waals surface area contributed by atoms with Crippen LogP contribution in [-0.2, 0) is 19.1 Å².